The van der Waals surface area contributed by atoms with Gasteiger partial charge in [0.1, 0.15) is 18.8 Å². The van der Waals surface area contributed by atoms with Crippen LogP contribution >= 0.6 is 0 Å². The van der Waals surface area contributed by atoms with Crippen LogP contribution in [0.3, 0.4) is 0 Å². The molecule has 0 saturated heterocycles. The van der Waals surface area contributed by atoms with Crippen LogP contribution in [0.4, 0.5) is 5.95 Å². The van der Waals surface area contributed by atoms with E-state index in [2.05, 4.69) is 53.7 Å². The van der Waals surface area contributed by atoms with Gasteiger partial charge < -0.3 is 19.5 Å². The quantitative estimate of drug-likeness (QED) is 0.419. The number of allylic oxidation sites excluding steroid dienone is 1. The Balaban J connectivity index is 1.44. The lowest BCUT2D eigenvalue weighted by Gasteiger charge is -2.29. The number of fused-ring (bicyclic) bond motifs is 1. The lowest BCUT2D eigenvalue weighted by atomic mass is 9.94. The van der Waals surface area contributed by atoms with E-state index in [4.69, 9.17) is 14.2 Å². The number of methoxy groups -OCH3 is 1. The van der Waals surface area contributed by atoms with Gasteiger partial charge in [0, 0.05) is 5.70 Å². The molecule has 38 heavy (non-hydrogen) atoms. The summed E-state index contributed by atoms with van der Waals surface area (Å²) < 4.78 is 19.5. The molecule has 0 spiro atoms. The van der Waals surface area contributed by atoms with Crippen molar-refractivity contribution in [3.05, 3.63) is 69.4 Å². The fourth-order valence-electron chi connectivity index (χ4n) is 5.29. The van der Waals surface area contributed by atoms with E-state index < -0.39 is 6.04 Å². The van der Waals surface area contributed by atoms with Gasteiger partial charge in [-0.2, -0.15) is 4.68 Å². The minimum Gasteiger partial charge on any atom is -0.493 e. The molecule has 1 aliphatic carbocycles. The second-order valence-electron chi connectivity index (χ2n) is 10.2. The highest BCUT2D eigenvalue weighted by Crippen LogP contribution is 2.39. The van der Waals surface area contributed by atoms with Gasteiger partial charge in [0.25, 0.3) is 0 Å². The average molecular weight is 518 g/mol. The molecule has 2 aliphatic rings. The van der Waals surface area contributed by atoms with Crippen LogP contribution in [0.25, 0.3) is 0 Å². The van der Waals surface area contributed by atoms with Crippen LogP contribution in [0.2, 0.25) is 0 Å². The third-order valence-electron chi connectivity index (χ3n) is 7.60. The molecule has 0 radical (unpaired) electrons. The maximum Gasteiger partial charge on any atom is 0.338 e. The smallest absolute Gasteiger partial charge is 0.338 e. The molecule has 2 aromatic carbocycles. The molecule has 1 N–H and O–H groups in total. The van der Waals surface area contributed by atoms with Gasteiger partial charge in [-0.25, -0.2) is 4.79 Å². The fraction of sp³-hybridized carbons (Fsp3) is 0.448. The van der Waals surface area contributed by atoms with E-state index in [0.29, 0.717) is 35.3 Å². The Morgan fingerprint density at radius 2 is 1.76 bits per heavy atom. The molecule has 1 aliphatic heterocycles. The van der Waals surface area contributed by atoms with Crippen molar-refractivity contribution in [1.82, 2.24) is 20.2 Å². The van der Waals surface area contributed by atoms with Gasteiger partial charge in [0.2, 0.25) is 5.95 Å². The number of ether oxygens (including phenoxy) is 3. The van der Waals surface area contributed by atoms with Gasteiger partial charge in [-0.1, -0.05) is 29.7 Å². The lowest BCUT2D eigenvalue weighted by Crippen LogP contribution is -2.32. The molecule has 9 nitrogen and oxygen atoms in total. The molecule has 5 rings (SSSR count). The number of benzene rings is 2. The highest BCUT2D eigenvalue weighted by atomic mass is 16.5. The standard InChI is InChI=1S/C29H35N5O4/c1-17-13-19(3)22(14-18(17)2)16-37-24-12-11-21(15-25(24)36-5)27-26(20(4)30-29-31-32-33-34(27)29)28(35)38-23-9-7-6-8-10-23/h11-15,23,27H,6-10,16H2,1-5H3,(H,30,31,33). The minimum absolute atomic E-state index is 0.0633. The van der Waals surface area contributed by atoms with Crippen LogP contribution < -0.4 is 14.8 Å². The predicted molar refractivity (Wildman–Crippen MR) is 143 cm³/mol. The molecule has 0 bridgehead atoms. The molecule has 0 amide bonds. The van der Waals surface area contributed by atoms with Gasteiger partial charge in [0.15, 0.2) is 11.5 Å². The first kappa shape index (κ1) is 25.8. The van der Waals surface area contributed by atoms with Gasteiger partial charge >= 0.3 is 5.97 Å². The molecule has 1 saturated carbocycles. The fourth-order valence-corrected chi connectivity index (χ4v) is 5.29. The number of carbonyl (C=O) groups is 1. The van der Waals surface area contributed by atoms with Crippen molar-refractivity contribution < 1.29 is 19.0 Å². The Morgan fingerprint density at radius 1 is 1.00 bits per heavy atom. The first-order valence-corrected chi connectivity index (χ1v) is 13.2. The van der Waals surface area contributed by atoms with Crippen molar-refractivity contribution >= 4 is 11.9 Å². The van der Waals surface area contributed by atoms with Crippen molar-refractivity contribution in [3.8, 4) is 11.5 Å². The van der Waals surface area contributed by atoms with Crippen LogP contribution in [0, 0.1) is 20.8 Å². The topological polar surface area (TPSA) is 100 Å². The van der Waals surface area contributed by atoms with Gasteiger partial charge in [-0.15, -0.1) is 0 Å². The predicted octanol–water partition coefficient (Wildman–Crippen LogP) is 5.35. The molecule has 200 valence electrons. The SMILES string of the molecule is COc1cc(C2C(C(=O)OC3CCCCC3)=C(C)Nc3nnnn32)ccc1OCc1cc(C)c(C)cc1C. The summed E-state index contributed by atoms with van der Waals surface area (Å²) in [5, 5.41) is 15.3. The molecule has 2 heterocycles. The molecular formula is C29H35N5O4. The highest BCUT2D eigenvalue weighted by Gasteiger charge is 2.36. The summed E-state index contributed by atoms with van der Waals surface area (Å²) in [5.74, 6) is 1.30. The molecule has 1 fully saturated rings. The van der Waals surface area contributed by atoms with Crippen LogP contribution in [-0.2, 0) is 16.1 Å². The zero-order valence-electron chi connectivity index (χ0n) is 22.7. The maximum absolute atomic E-state index is 13.5. The van der Waals surface area contributed by atoms with E-state index in [1.807, 2.05) is 25.1 Å². The van der Waals surface area contributed by atoms with Crippen molar-refractivity contribution in [2.45, 2.75) is 78.6 Å². The number of tetrazole rings is 1. The number of rotatable bonds is 7. The van der Waals surface area contributed by atoms with Crippen molar-refractivity contribution in [3.63, 3.8) is 0 Å². The summed E-state index contributed by atoms with van der Waals surface area (Å²) in [6, 6.07) is 9.45. The van der Waals surface area contributed by atoms with E-state index >= 15 is 0 Å². The Kier molecular flexibility index (Phi) is 7.35. The zero-order chi connectivity index (χ0) is 26.8. The summed E-state index contributed by atoms with van der Waals surface area (Å²) >= 11 is 0. The number of hydrogen-bond donors (Lipinski definition) is 1. The molecule has 1 unspecified atom stereocenters. The number of nitrogens with one attached hydrogen (secondary N) is 1. The Labute approximate surface area is 223 Å². The molecule has 1 aromatic heterocycles. The summed E-state index contributed by atoms with van der Waals surface area (Å²) in [4.78, 5) is 13.5. The average Bonchev–Trinajstić information content (AvgIpc) is 3.37. The minimum atomic E-state index is -0.567. The number of aromatic nitrogens is 4. The number of aryl methyl sites for hydroxylation is 3. The zero-order valence-corrected chi connectivity index (χ0v) is 22.7. The maximum atomic E-state index is 13.5. The van der Waals surface area contributed by atoms with Gasteiger partial charge in [-0.05, 0) is 104 Å². The Morgan fingerprint density at radius 3 is 2.53 bits per heavy atom. The first-order valence-electron chi connectivity index (χ1n) is 13.2. The van der Waals surface area contributed by atoms with E-state index in [0.717, 1.165) is 36.8 Å². The van der Waals surface area contributed by atoms with Gasteiger partial charge in [0.05, 0.1) is 12.7 Å². The molecular weight excluding hydrogens is 482 g/mol. The third kappa shape index (κ3) is 5.10. The largest absolute Gasteiger partial charge is 0.493 e. The summed E-state index contributed by atoms with van der Waals surface area (Å²) in [5.41, 5.74) is 6.75. The number of nitrogens with zero attached hydrogens (tertiary/aromatic N) is 4. The van der Waals surface area contributed by atoms with Crippen LogP contribution in [-0.4, -0.2) is 39.4 Å². The van der Waals surface area contributed by atoms with E-state index in [9.17, 15) is 4.79 Å². The summed E-state index contributed by atoms with van der Waals surface area (Å²) in [6.45, 7) is 8.58. The van der Waals surface area contributed by atoms with Crippen LogP contribution in [0.1, 0.15) is 72.9 Å². The van der Waals surface area contributed by atoms with E-state index in [-0.39, 0.29) is 12.1 Å². The normalized spacial score (nSPS) is 17.6. The third-order valence-corrected chi connectivity index (χ3v) is 7.60. The van der Waals surface area contributed by atoms with E-state index in [1.165, 1.54) is 23.1 Å². The number of esters is 1. The Hall–Kier alpha value is -3.88. The second kappa shape index (κ2) is 10.8. The number of anilines is 1. The molecule has 1 atom stereocenters. The second-order valence-corrected chi connectivity index (χ2v) is 10.2. The Bertz CT molecular complexity index is 1370. The number of hydrogen-bond acceptors (Lipinski definition) is 8. The molecule has 9 heteroatoms. The highest BCUT2D eigenvalue weighted by molar-refractivity contribution is 5.92. The van der Waals surface area contributed by atoms with Crippen molar-refractivity contribution in [2.24, 2.45) is 0 Å². The monoisotopic (exact) mass is 517 g/mol. The van der Waals surface area contributed by atoms with Crippen molar-refractivity contribution in [2.75, 3.05) is 12.4 Å². The van der Waals surface area contributed by atoms with Crippen molar-refractivity contribution in [1.29, 1.82) is 0 Å². The summed E-state index contributed by atoms with van der Waals surface area (Å²) in [7, 11) is 1.61. The summed E-state index contributed by atoms with van der Waals surface area (Å²) in [6.07, 6.45) is 5.07. The van der Waals surface area contributed by atoms with Crippen LogP contribution in [0.5, 0.6) is 11.5 Å². The van der Waals surface area contributed by atoms with E-state index in [1.54, 1.807) is 11.8 Å². The number of carbonyl (C=O) groups excluding carboxylic acids is 1. The lowest BCUT2D eigenvalue weighted by molar-refractivity contribution is -0.146. The van der Waals surface area contributed by atoms with Crippen LogP contribution in [0.15, 0.2) is 41.6 Å². The molecule has 3 aromatic rings. The van der Waals surface area contributed by atoms with Gasteiger partial charge in [-0.3, -0.25) is 0 Å². The first-order chi connectivity index (χ1) is 18.4.